The number of hydrogen-bond acceptors (Lipinski definition) is 6. The minimum atomic E-state index is -1.33. The third-order valence-corrected chi connectivity index (χ3v) is 3.86. The highest BCUT2D eigenvalue weighted by Crippen LogP contribution is 2.05. The first-order chi connectivity index (χ1) is 12.2. The standard InChI is InChI=1S/C16H22N4O5S/c17-10(8-26)14(22)19-11(7-13(18)21)15(23)20-12(16(24)25)6-9-4-2-1-3-5-9/h1-5,10-12,26H,6-8,17H2,(H2,18,21)(H,19,22)(H,20,23)(H,24,25). The maximum atomic E-state index is 12.4. The van der Waals surface area contributed by atoms with Gasteiger partial charge >= 0.3 is 5.97 Å². The van der Waals surface area contributed by atoms with E-state index in [4.69, 9.17) is 11.5 Å². The SMILES string of the molecule is NC(=O)CC(NC(=O)C(N)CS)C(=O)NC(Cc1ccccc1)C(=O)O. The summed E-state index contributed by atoms with van der Waals surface area (Å²) in [5.41, 5.74) is 11.3. The monoisotopic (exact) mass is 382 g/mol. The van der Waals surface area contributed by atoms with Crippen molar-refractivity contribution in [2.75, 3.05) is 5.75 Å². The summed E-state index contributed by atoms with van der Waals surface area (Å²) in [5, 5.41) is 13.9. The molecule has 0 saturated heterocycles. The molecular weight excluding hydrogens is 360 g/mol. The molecule has 0 aliphatic rings. The summed E-state index contributed by atoms with van der Waals surface area (Å²) in [6.07, 6.45) is -0.455. The van der Waals surface area contributed by atoms with Crippen molar-refractivity contribution < 1.29 is 24.3 Å². The van der Waals surface area contributed by atoms with Gasteiger partial charge in [-0.3, -0.25) is 14.4 Å². The summed E-state index contributed by atoms with van der Waals surface area (Å²) in [4.78, 5) is 46.8. The lowest BCUT2D eigenvalue weighted by Gasteiger charge is -2.22. The van der Waals surface area contributed by atoms with E-state index in [1.165, 1.54) is 0 Å². The van der Waals surface area contributed by atoms with Crippen LogP contribution >= 0.6 is 12.6 Å². The Labute approximate surface area is 155 Å². The molecule has 0 fully saturated rings. The number of carboxylic acid groups (broad SMARTS) is 1. The molecule has 142 valence electrons. The average molecular weight is 382 g/mol. The van der Waals surface area contributed by atoms with Gasteiger partial charge in [-0.2, -0.15) is 12.6 Å². The fraction of sp³-hybridized carbons (Fsp3) is 0.375. The molecular formula is C16H22N4O5S. The van der Waals surface area contributed by atoms with Crippen molar-refractivity contribution in [3.63, 3.8) is 0 Å². The number of nitrogens with one attached hydrogen (secondary N) is 2. The average Bonchev–Trinajstić information content (AvgIpc) is 2.60. The van der Waals surface area contributed by atoms with E-state index in [2.05, 4.69) is 23.3 Å². The number of hydrogen-bond donors (Lipinski definition) is 6. The van der Waals surface area contributed by atoms with Crippen LogP contribution in [-0.4, -0.2) is 52.7 Å². The Morgan fingerprint density at radius 3 is 2.12 bits per heavy atom. The number of benzene rings is 1. The number of rotatable bonds is 10. The van der Waals surface area contributed by atoms with Crippen molar-refractivity contribution in [1.82, 2.24) is 10.6 Å². The van der Waals surface area contributed by atoms with Crippen LogP contribution in [0.5, 0.6) is 0 Å². The van der Waals surface area contributed by atoms with E-state index in [-0.39, 0.29) is 12.2 Å². The highest BCUT2D eigenvalue weighted by atomic mass is 32.1. The van der Waals surface area contributed by atoms with Gasteiger partial charge in [0.2, 0.25) is 17.7 Å². The number of nitrogens with two attached hydrogens (primary N) is 2. The smallest absolute Gasteiger partial charge is 0.326 e. The van der Waals surface area contributed by atoms with Crippen LogP contribution < -0.4 is 22.1 Å². The summed E-state index contributed by atoms with van der Waals surface area (Å²) < 4.78 is 0. The first-order valence-electron chi connectivity index (χ1n) is 7.76. The summed E-state index contributed by atoms with van der Waals surface area (Å²) >= 11 is 3.88. The van der Waals surface area contributed by atoms with Crippen LogP contribution in [0, 0.1) is 0 Å². The number of carboxylic acids is 1. The molecule has 0 aromatic heterocycles. The summed E-state index contributed by atoms with van der Waals surface area (Å²) in [6.45, 7) is 0. The number of aliphatic carboxylic acids is 1. The zero-order valence-electron chi connectivity index (χ0n) is 13.9. The second-order valence-corrected chi connectivity index (χ2v) is 5.97. The highest BCUT2D eigenvalue weighted by molar-refractivity contribution is 7.80. The van der Waals surface area contributed by atoms with Gasteiger partial charge in [0.05, 0.1) is 12.5 Å². The van der Waals surface area contributed by atoms with E-state index in [0.717, 1.165) is 0 Å². The van der Waals surface area contributed by atoms with Gasteiger partial charge in [0.25, 0.3) is 0 Å². The van der Waals surface area contributed by atoms with Crippen LogP contribution in [0.2, 0.25) is 0 Å². The van der Waals surface area contributed by atoms with Gasteiger partial charge in [0.15, 0.2) is 0 Å². The molecule has 9 nitrogen and oxygen atoms in total. The van der Waals surface area contributed by atoms with Crippen LogP contribution in [0.1, 0.15) is 12.0 Å². The van der Waals surface area contributed by atoms with Crippen molar-refractivity contribution in [3.05, 3.63) is 35.9 Å². The zero-order valence-corrected chi connectivity index (χ0v) is 14.8. The lowest BCUT2D eigenvalue weighted by atomic mass is 10.0. The van der Waals surface area contributed by atoms with Gasteiger partial charge in [-0.05, 0) is 5.56 Å². The largest absolute Gasteiger partial charge is 0.480 e. The van der Waals surface area contributed by atoms with Gasteiger partial charge < -0.3 is 27.2 Å². The third kappa shape index (κ3) is 7.11. The fourth-order valence-electron chi connectivity index (χ4n) is 2.09. The van der Waals surface area contributed by atoms with Gasteiger partial charge in [0.1, 0.15) is 12.1 Å². The van der Waals surface area contributed by atoms with Crippen LogP contribution in [0.4, 0.5) is 0 Å². The summed E-state index contributed by atoms with van der Waals surface area (Å²) in [6, 6.07) is 5.14. The Hall–Kier alpha value is -2.59. The fourth-order valence-corrected chi connectivity index (χ4v) is 2.26. The molecule has 0 aliphatic heterocycles. The van der Waals surface area contributed by atoms with Crippen molar-refractivity contribution in [1.29, 1.82) is 0 Å². The summed E-state index contributed by atoms with van der Waals surface area (Å²) in [5.74, 6) is -3.59. The van der Waals surface area contributed by atoms with Crippen LogP contribution in [0.25, 0.3) is 0 Å². The van der Waals surface area contributed by atoms with E-state index in [1.54, 1.807) is 30.3 Å². The number of primary amides is 1. The van der Waals surface area contributed by atoms with Crippen molar-refractivity contribution in [2.45, 2.75) is 31.0 Å². The van der Waals surface area contributed by atoms with Gasteiger partial charge in [0, 0.05) is 12.2 Å². The quantitative estimate of drug-likeness (QED) is 0.267. The molecule has 3 atom stereocenters. The first kappa shape index (κ1) is 21.5. The maximum absolute atomic E-state index is 12.4. The van der Waals surface area contributed by atoms with Crippen LogP contribution in [-0.2, 0) is 25.6 Å². The Morgan fingerprint density at radius 2 is 1.62 bits per heavy atom. The third-order valence-electron chi connectivity index (χ3n) is 3.47. The molecule has 1 aromatic carbocycles. The van der Waals surface area contributed by atoms with Crippen molar-refractivity contribution in [3.8, 4) is 0 Å². The van der Waals surface area contributed by atoms with E-state index in [9.17, 15) is 24.3 Å². The van der Waals surface area contributed by atoms with Crippen LogP contribution in [0.3, 0.4) is 0 Å². The normalized spacial score (nSPS) is 13.9. The molecule has 3 amide bonds. The Bertz CT molecular complexity index is 655. The molecule has 7 N–H and O–H groups in total. The van der Waals surface area contributed by atoms with Crippen molar-refractivity contribution in [2.24, 2.45) is 11.5 Å². The van der Waals surface area contributed by atoms with Gasteiger partial charge in [-0.15, -0.1) is 0 Å². The van der Waals surface area contributed by atoms with Crippen LogP contribution in [0.15, 0.2) is 30.3 Å². The van der Waals surface area contributed by atoms with Gasteiger partial charge in [-0.1, -0.05) is 30.3 Å². The molecule has 0 bridgehead atoms. The maximum Gasteiger partial charge on any atom is 0.326 e. The van der Waals surface area contributed by atoms with E-state index >= 15 is 0 Å². The van der Waals surface area contributed by atoms with E-state index < -0.39 is 48.2 Å². The van der Waals surface area contributed by atoms with E-state index in [1.807, 2.05) is 0 Å². The molecule has 1 aromatic rings. The molecule has 10 heteroatoms. The molecule has 0 saturated carbocycles. The topological polar surface area (TPSA) is 165 Å². The highest BCUT2D eigenvalue weighted by Gasteiger charge is 2.29. The predicted molar refractivity (Wildman–Crippen MR) is 97.3 cm³/mol. The van der Waals surface area contributed by atoms with E-state index in [0.29, 0.717) is 5.56 Å². The molecule has 0 aliphatic carbocycles. The summed E-state index contributed by atoms with van der Waals surface area (Å²) in [7, 11) is 0. The number of carbonyl (C=O) groups is 4. The molecule has 0 heterocycles. The minimum absolute atomic E-state index is 0.0303. The lowest BCUT2D eigenvalue weighted by Crippen LogP contribution is -2.56. The van der Waals surface area contributed by atoms with Crippen molar-refractivity contribution >= 4 is 36.3 Å². The minimum Gasteiger partial charge on any atom is -0.480 e. The molecule has 0 radical (unpaired) electrons. The molecule has 1 rings (SSSR count). The first-order valence-corrected chi connectivity index (χ1v) is 8.40. The second-order valence-electron chi connectivity index (χ2n) is 5.61. The zero-order chi connectivity index (χ0) is 19.7. The molecule has 3 unspecified atom stereocenters. The Balaban J connectivity index is 2.85. The predicted octanol–water partition coefficient (Wildman–Crippen LogP) is -1.58. The van der Waals surface area contributed by atoms with Gasteiger partial charge in [-0.25, -0.2) is 4.79 Å². The Kier molecular flexibility index (Phi) is 8.59. The lowest BCUT2D eigenvalue weighted by molar-refractivity contribution is -0.142. The number of carbonyl (C=O) groups excluding carboxylic acids is 3. The molecule has 26 heavy (non-hydrogen) atoms. The molecule has 0 spiro atoms. The number of thiol groups is 1. The number of amides is 3. The Morgan fingerprint density at radius 1 is 1.04 bits per heavy atom. The second kappa shape index (κ2) is 10.4.